The number of thioether (sulfide) groups is 1. The number of hydrogen-bond acceptors (Lipinski definition) is 2. The van der Waals surface area contributed by atoms with Crippen LogP contribution in [0.15, 0.2) is 23.1 Å². The fraction of sp³-hybridized carbons (Fsp3) is 0.250. The van der Waals surface area contributed by atoms with E-state index in [1.807, 2.05) is 26.1 Å². The molecule has 0 atom stereocenters. The zero-order valence-corrected chi connectivity index (χ0v) is 13.0. The van der Waals surface area contributed by atoms with E-state index in [0.717, 1.165) is 21.9 Å². The first kappa shape index (κ1) is 14.1. The van der Waals surface area contributed by atoms with E-state index in [4.69, 9.17) is 34.8 Å². The molecular weight excluding hydrogens is 311 g/mol. The largest absolute Gasteiger partial charge is 0.257 e. The molecule has 0 fully saturated rings. The number of aromatic nitrogens is 2. The average Bonchev–Trinajstić information content (AvgIpc) is 2.56. The Balaban J connectivity index is 2.14. The molecule has 1 aromatic heterocycles. The second-order valence-corrected chi connectivity index (χ2v) is 6.06. The summed E-state index contributed by atoms with van der Waals surface area (Å²) in [5.41, 5.74) is 2.00. The van der Waals surface area contributed by atoms with Crippen LogP contribution >= 0.6 is 46.6 Å². The summed E-state index contributed by atoms with van der Waals surface area (Å²) in [5, 5.41) is 6.09. The van der Waals surface area contributed by atoms with Crippen LogP contribution < -0.4 is 0 Å². The Morgan fingerprint density at radius 3 is 2.50 bits per heavy atom. The van der Waals surface area contributed by atoms with Crippen LogP contribution in [0.1, 0.15) is 11.3 Å². The molecule has 0 bridgehead atoms. The SMILES string of the molecule is Cc1nn(C)c(Cl)c1CSc1ccc(Cl)c(Cl)c1. The molecule has 1 heterocycles. The molecule has 0 saturated heterocycles. The Morgan fingerprint density at radius 1 is 1.22 bits per heavy atom. The molecule has 0 amide bonds. The minimum atomic E-state index is 0.565. The third-order valence-electron chi connectivity index (χ3n) is 2.54. The van der Waals surface area contributed by atoms with Crippen molar-refractivity contribution in [1.29, 1.82) is 0 Å². The van der Waals surface area contributed by atoms with Gasteiger partial charge in [0, 0.05) is 23.3 Å². The zero-order chi connectivity index (χ0) is 13.3. The Bertz CT molecular complexity index is 581. The summed E-state index contributed by atoms with van der Waals surface area (Å²) >= 11 is 19.7. The third-order valence-corrected chi connectivity index (χ3v) is 4.78. The molecular formula is C12H11Cl3N2S. The van der Waals surface area contributed by atoms with Gasteiger partial charge in [0.05, 0.1) is 15.7 Å². The molecule has 0 unspecified atom stereocenters. The maximum absolute atomic E-state index is 6.18. The summed E-state index contributed by atoms with van der Waals surface area (Å²) < 4.78 is 1.68. The normalized spacial score (nSPS) is 10.9. The first-order valence-corrected chi connectivity index (χ1v) is 7.37. The lowest BCUT2D eigenvalue weighted by atomic mass is 10.3. The highest BCUT2D eigenvalue weighted by Crippen LogP contribution is 2.32. The molecule has 96 valence electrons. The summed E-state index contributed by atoms with van der Waals surface area (Å²) in [4.78, 5) is 1.06. The van der Waals surface area contributed by atoms with Crippen molar-refractivity contribution in [2.75, 3.05) is 0 Å². The van der Waals surface area contributed by atoms with Gasteiger partial charge in [-0.05, 0) is 25.1 Å². The number of hydrogen-bond donors (Lipinski definition) is 0. The van der Waals surface area contributed by atoms with Gasteiger partial charge in [0.25, 0.3) is 0 Å². The first-order valence-electron chi connectivity index (χ1n) is 5.25. The number of benzene rings is 1. The molecule has 0 spiro atoms. The molecule has 6 heteroatoms. The number of halogens is 3. The van der Waals surface area contributed by atoms with Crippen molar-refractivity contribution in [1.82, 2.24) is 9.78 Å². The van der Waals surface area contributed by atoms with Crippen LogP contribution in [-0.4, -0.2) is 9.78 Å². The van der Waals surface area contributed by atoms with Crippen molar-refractivity contribution < 1.29 is 0 Å². The molecule has 2 aromatic rings. The standard InChI is InChI=1S/C12H11Cl3N2S/c1-7-9(12(15)17(2)16-7)6-18-8-3-4-10(13)11(14)5-8/h3-5H,6H2,1-2H3. The first-order chi connectivity index (χ1) is 8.49. The smallest absolute Gasteiger partial charge is 0.131 e. The lowest BCUT2D eigenvalue weighted by Crippen LogP contribution is -1.89. The van der Waals surface area contributed by atoms with E-state index in [-0.39, 0.29) is 0 Å². The van der Waals surface area contributed by atoms with Crippen LogP contribution in [-0.2, 0) is 12.8 Å². The fourth-order valence-corrected chi connectivity index (χ4v) is 3.27. The van der Waals surface area contributed by atoms with Crippen LogP contribution in [0.5, 0.6) is 0 Å². The minimum Gasteiger partial charge on any atom is -0.257 e. The van der Waals surface area contributed by atoms with Gasteiger partial charge in [-0.1, -0.05) is 34.8 Å². The van der Waals surface area contributed by atoms with E-state index < -0.39 is 0 Å². The summed E-state index contributed by atoms with van der Waals surface area (Å²) in [6.45, 7) is 1.95. The number of nitrogens with zero attached hydrogens (tertiary/aromatic N) is 2. The Hall–Kier alpha value is -0.350. The van der Waals surface area contributed by atoms with Crippen molar-refractivity contribution >= 4 is 46.6 Å². The number of rotatable bonds is 3. The van der Waals surface area contributed by atoms with E-state index in [0.29, 0.717) is 15.2 Å². The summed E-state index contributed by atoms with van der Waals surface area (Å²) in [6.07, 6.45) is 0. The van der Waals surface area contributed by atoms with Crippen LogP contribution in [0.4, 0.5) is 0 Å². The van der Waals surface area contributed by atoms with Crippen molar-refractivity contribution in [3.8, 4) is 0 Å². The lowest BCUT2D eigenvalue weighted by Gasteiger charge is -2.03. The highest BCUT2D eigenvalue weighted by atomic mass is 35.5. The van der Waals surface area contributed by atoms with Gasteiger partial charge in [-0.25, -0.2) is 0 Å². The van der Waals surface area contributed by atoms with Crippen molar-refractivity contribution in [2.24, 2.45) is 7.05 Å². The maximum Gasteiger partial charge on any atom is 0.131 e. The van der Waals surface area contributed by atoms with E-state index in [1.165, 1.54) is 0 Å². The Labute approximate surface area is 125 Å². The van der Waals surface area contributed by atoms with E-state index >= 15 is 0 Å². The summed E-state index contributed by atoms with van der Waals surface area (Å²) in [5.74, 6) is 0.760. The van der Waals surface area contributed by atoms with Gasteiger partial charge in [-0.2, -0.15) is 5.10 Å². The Kier molecular flexibility index (Phi) is 4.49. The topological polar surface area (TPSA) is 17.8 Å². The van der Waals surface area contributed by atoms with E-state index in [1.54, 1.807) is 22.5 Å². The van der Waals surface area contributed by atoms with Gasteiger partial charge >= 0.3 is 0 Å². The van der Waals surface area contributed by atoms with E-state index in [2.05, 4.69) is 5.10 Å². The van der Waals surface area contributed by atoms with E-state index in [9.17, 15) is 0 Å². The molecule has 0 N–H and O–H groups in total. The number of aryl methyl sites for hydroxylation is 2. The van der Waals surface area contributed by atoms with Gasteiger partial charge in [0.2, 0.25) is 0 Å². The lowest BCUT2D eigenvalue weighted by molar-refractivity contribution is 0.757. The van der Waals surface area contributed by atoms with Crippen LogP contribution in [0.3, 0.4) is 0 Å². The molecule has 18 heavy (non-hydrogen) atoms. The quantitative estimate of drug-likeness (QED) is 0.742. The van der Waals surface area contributed by atoms with Gasteiger partial charge < -0.3 is 0 Å². The second kappa shape index (κ2) is 5.74. The third kappa shape index (κ3) is 2.97. The van der Waals surface area contributed by atoms with Crippen LogP contribution in [0, 0.1) is 6.92 Å². The zero-order valence-electron chi connectivity index (χ0n) is 9.88. The predicted octanol–water partition coefficient (Wildman–Crippen LogP) is 4.98. The highest BCUT2D eigenvalue weighted by molar-refractivity contribution is 7.98. The van der Waals surface area contributed by atoms with Crippen LogP contribution in [0.2, 0.25) is 15.2 Å². The monoisotopic (exact) mass is 320 g/mol. The summed E-state index contributed by atoms with van der Waals surface area (Å²) in [7, 11) is 1.84. The molecule has 0 aliphatic heterocycles. The van der Waals surface area contributed by atoms with Crippen LogP contribution in [0.25, 0.3) is 0 Å². The molecule has 0 aliphatic carbocycles. The average molecular weight is 322 g/mol. The van der Waals surface area contributed by atoms with Gasteiger partial charge in [0.15, 0.2) is 0 Å². The maximum atomic E-state index is 6.18. The molecule has 1 aromatic carbocycles. The van der Waals surface area contributed by atoms with Crippen molar-refractivity contribution in [3.63, 3.8) is 0 Å². The Morgan fingerprint density at radius 2 is 1.94 bits per heavy atom. The molecule has 0 radical (unpaired) electrons. The van der Waals surface area contributed by atoms with Crippen molar-refractivity contribution in [2.45, 2.75) is 17.6 Å². The van der Waals surface area contributed by atoms with Crippen molar-refractivity contribution in [3.05, 3.63) is 44.7 Å². The molecule has 0 saturated carbocycles. The summed E-state index contributed by atoms with van der Waals surface area (Å²) in [6, 6.07) is 5.59. The fourth-order valence-electron chi connectivity index (χ4n) is 1.56. The predicted molar refractivity (Wildman–Crippen MR) is 79.0 cm³/mol. The molecule has 0 aliphatic rings. The second-order valence-electron chi connectivity index (χ2n) is 3.84. The van der Waals surface area contributed by atoms with Gasteiger partial charge in [-0.15, -0.1) is 11.8 Å². The van der Waals surface area contributed by atoms with Gasteiger partial charge in [-0.3, -0.25) is 4.68 Å². The van der Waals surface area contributed by atoms with Gasteiger partial charge in [0.1, 0.15) is 5.15 Å². The minimum absolute atomic E-state index is 0.565. The highest BCUT2D eigenvalue weighted by Gasteiger charge is 2.11. The molecule has 2 nitrogen and oxygen atoms in total. The molecule has 2 rings (SSSR count).